The molecule has 0 spiro atoms. The molecule has 0 radical (unpaired) electrons. The molecule has 1 amide bonds. The Hall–Kier alpha value is -2.14. The third-order valence-electron chi connectivity index (χ3n) is 3.43. The molecule has 1 heterocycles. The first kappa shape index (κ1) is 13.8. The number of imidazole rings is 1. The fourth-order valence-electron chi connectivity index (χ4n) is 2.18. The number of carbonyl (C=O) groups is 1. The number of hydrogen-bond donors (Lipinski definition) is 2. The van der Waals surface area contributed by atoms with E-state index in [4.69, 9.17) is 0 Å². The number of aromatic nitrogens is 2. The van der Waals surface area contributed by atoms with Crippen molar-refractivity contribution in [2.75, 3.05) is 0 Å². The quantitative estimate of drug-likeness (QED) is 0.763. The highest BCUT2D eigenvalue weighted by Crippen LogP contribution is 2.16. The van der Waals surface area contributed by atoms with Crippen LogP contribution in [0.2, 0.25) is 0 Å². The van der Waals surface area contributed by atoms with Gasteiger partial charge < -0.3 is 10.3 Å². The van der Waals surface area contributed by atoms with Gasteiger partial charge in [0.2, 0.25) is 0 Å². The number of aromatic amines is 1. The first-order valence-electron chi connectivity index (χ1n) is 6.60. The minimum atomic E-state index is -0.0918. The van der Waals surface area contributed by atoms with Crippen molar-refractivity contribution in [3.05, 3.63) is 63.9 Å². The molecule has 3 aromatic rings. The van der Waals surface area contributed by atoms with Gasteiger partial charge in [0.1, 0.15) is 0 Å². The van der Waals surface area contributed by atoms with Gasteiger partial charge in [-0.05, 0) is 48.4 Å². The third-order valence-corrected chi connectivity index (χ3v) is 3.93. The summed E-state index contributed by atoms with van der Waals surface area (Å²) in [6.45, 7) is 2.54. The number of nitrogens with zero attached hydrogens (tertiary/aromatic N) is 1. The molecule has 0 unspecified atom stereocenters. The highest BCUT2D eigenvalue weighted by atomic mass is 79.9. The Bertz CT molecular complexity index is 810. The Morgan fingerprint density at radius 2 is 2.14 bits per heavy atom. The second-order valence-corrected chi connectivity index (χ2v) is 5.80. The Kier molecular flexibility index (Phi) is 3.75. The largest absolute Gasteiger partial charge is 0.348 e. The number of fused-ring (bicyclic) bond motifs is 1. The van der Waals surface area contributed by atoms with Gasteiger partial charge >= 0.3 is 0 Å². The molecule has 0 bridgehead atoms. The molecule has 3 rings (SSSR count). The van der Waals surface area contributed by atoms with E-state index in [9.17, 15) is 4.79 Å². The van der Waals surface area contributed by atoms with E-state index in [-0.39, 0.29) is 5.91 Å². The molecule has 0 aliphatic rings. The SMILES string of the molecule is Cc1ccc(Br)cc1CNC(=O)c1ccc2nc[nH]c2c1. The molecule has 0 aliphatic heterocycles. The van der Waals surface area contributed by atoms with Gasteiger partial charge in [-0.1, -0.05) is 22.0 Å². The number of amides is 1. The van der Waals surface area contributed by atoms with E-state index in [1.165, 1.54) is 0 Å². The van der Waals surface area contributed by atoms with E-state index in [1.807, 2.05) is 37.3 Å². The molecule has 1 aromatic heterocycles. The summed E-state index contributed by atoms with van der Waals surface area (Å²) in [4.78, 5) is 19.4. The van der Waals surface area contributed by atoms with Crippen molar-refractivity contribution in [1.29, 1.82) is 0 Å². The molecular weight excluding hydrogens is 330 g/mol. The molecule has 2 N–H and O–H groups in total. The molecule has 4 nitrogen and oxygen atoms in total. The van der Waals surface area contributed by atoms with E-state index >= 15 is 0 Å². The third kappa shape index (κ3) is 2.97. The lowest BCUT2D eigenvalue weighted by atomic mass is 10.1. The molecule has 0 saturated carbocycles. The lowest BCUT2D eigenvalue weighted by molar-refractivity contribution is 0.0951. The van der Waals surface area contributed by atoms with Gasteiger partial charge in [0.15, 0.2) is 0 Å². The van der Waals surface area contributed by atoms with Crippen LogP contribution in [-0.2, 0) is 6.54 Å². The molecular formula is C16H14BrN3O. The van der Waals surface area contributed by atoms with Gasteiger partial charge in [-0.15, -0.1) is 0 Å². The minimum Gasteiger partial charge on any atom is -0.348 e. The molecule has 0 atom stereocenters. The monoisotopic (exact) mass is 343 g/mol. The van der Waals surface area contributed by atoms with Gasteiger partial charge in [-0.2, -0.15) is 0 Å². The molecule has 106 valence electrons. The van der Waals surface area contributed by atoms with Crippen LogP contribution >= 0.6 is 15.9 Å². The van der Waals surface area contributed by atoms with Crippen LogP contribution < -0.4 is 5.32 Å². The summed E-state index contributed by atoms with van der Waals surface area (Å²) in [6, 6.07) is 11.5. The number of nitrogens with one attached hydrogen (secondary N) is 2. The van der Waals surface area contributed by atoms with Gasteiger partial charge in [0.05, 0.1) is 17.4 Å². The summed E-state index contributed by atoms with van der Waals surface area (Å²) in [5, 5.41) is 2.95. The second-order valence-electron chi connectivity index (χ2n) is 4.89. The van der Waals surface area contributed by atoms with Crippen LogP contribution in [0.1, 0.15) is 21.5 Å². The topological polar surface area (TPSA) is 57.8 Å². The maximum Gasteiger partial charge on any atom is 0.251 e. The lowest BCUT2D eigenvalue weighted by Gasteiger charge is -2.09. The summed E-state index contributed by atoms with van der Waals surface area (Å²) < 4.78 is 1.01. The highest BCUT2D eigenvalue weighted by Gasteiger charge is 2.08. The van der Waals surface area contributed by atoms with E-state index in [2.05, 4.69) is 31.2 Å². The van der Waals surface area contributed by atoms with Crippen LogP contribution in [0, 0.1) is 6.92 Å². The van der Waals surface area contributed by atoms with Crippen molar-refractivity contribution in [2.24, 2.45) is 0 Å². The van der Waals surface area contributed by atoms with E-state index < -0.39 is 0 Å². The van der Waals surface area contributed by atoms with Gasteiger partial charge in [0, 0.05) is 16.6 Å². The molecule has 0 fully saturated rings. The van der Waals surface area contributed by atoms with Gasteiger partial charge in [-0.25, -0.2) is 4.98 Å². The maximum absolute atomic E-state index is 12.2. The highest BCUT2D eigenvalue weighted by molar-refractivity contribution is 9.10. The van der Waals surface area contributed by atoms with Crippen molar-refractivity contribution >= 4 is 32.9 Å². The number of rotatable bonds is 3. The number of aryl methyl sites for hydroxylation is 1. The Labute approximate surface area is 130 Å². The van der Waals surface area contributed by atoms with Crippen LogP contribution in [0.15, 0.2) is 47.2 Å². The molecule has 0 saturated heterocycles. The average molecular weight is 344 g/mol. The van der Waals surface area contributed by atoms with Crippen LogP contribution in [0.4, 0.5) is 0 Å². The number of H-pyrrole nitrogens is 1. The normalized spacial score (nSPS) is 10.8. The standard InChI is InChI=1S/C16H14BrN3O/c1-10-2-4-13(17)6-12(10)8-18-16(21)11-3-5-14-15(7-11)20-9-19-14/h2-7,9H,8H2,1H3,(H,18,21)(H,19,20). The second kappa shape index (κ2) is 5.69. The van der Waals surface area contributed by atoms with E-state index in [1.54, 1.807) is 12.4 Å². The average Bonchev–Trinajstić information content (AvgIpc) is 2.95. The number of benzene rings is 2. The summed E-state index contributed by atoms with van der Waals surface area (Å²) in [5.74, 6) is -0.0918. The summed E-state index contributed by atoms with van der Waals surface area (Å²) in [7, 11) is 0. The van der Waals surface area contributed by atoms with Crippen molar-refractivity contribution < 1.29 is 4.79 Å². The molecule has 2 aromatic carbocycles. The van der Waals surface area contributed by atoms with Crippen molar-refractivity contribution in [3.8, 4) is 0 Å². The zero-order chi connectivity index (χ0) is 14.8. The number of hydrogen-bond acceptors (Lipinski definition) is 2. The van der Waals surface area contributed by atoms with E-state index in [0.29, 0.717) is 12.1 Å². The zero-order valence-corrected chi connectivity index (χ0v) is 13.1. The maximum atomic E-state index is 12.2. The van der Waals surface area contributed by atoms with Crippen molar-refractivity contribution in [1.82, 2.24) is 15.3 Å². The lowest BCUT2D eigenvalue weighted by Crippen LogP contribution is -2.23. The smallest absolute Gasteiger partial charge is 0.251 e. The summed E-state index contributed by atoms with van der Waals surface area (Å²) >= 11 is 3.45. The minimum absolute atomic E-state index is 0.0918. The number of carbonyl (C=O) groups excluding carboxylic acids is 1. The molecule has 0 aliphatic carbocycles. The van der Waals surface area contributed by atoms with Crippen LogP contribution in [0.5, 0.6) is 0 Å². The zero-order valence-electron chi connectivity index (χ0n) is 11.5. The van der Waals surface area contributed by atoms with Gasteiger partial charge in [0.25, 0.3) is 5.91 Å². The molecule has 21 heavy (non-hydrogen) atoms. The summed E-state index contributed by atoms with van der Waals surface area (Å²) in [6.07, 6.45) is 1.62. The van der Waals surface area contributed by atoms with E-state index in [0.717, 1.165) is 26.6 Å². The summed E-state index contributed by atoms with van der Waals surface area (Å²) in [5.41, 5.74) is 4.60. The Balaban J connectivity index is 1.75. The fraction of sp³-hybridized carbons (Fsp3) is 0.125. The van der Waals surface area contributed by atoms with Crippen molar-refractivity contribution in [3.63, 3.8) is 0 Å². The van der Waals surface area contributed by atoms with Crippen LogP contribution in [-0.4, -0.2) is 15.9 Å². The van der Waals surface area contributed by atoms with Crippen LogP contribution in [0.3, 0.4) is 0 Å². The van der Waals surface area contributed by atoms with Crippen LogP contribution in [0.25, 0.3) is 11.0 Å². The van der Waals surface area contributed by atoms with Gasteiger partial charge in [-0.3, -0.25) is 4.79 Å². The molecule has 5 heteroatoms. The fourth-order valence-corrected chi connectivity index (χ4v) is 2.59. The predicted molar refractivity (Wildman–Crippen MR) is 86.1 cm³/mol. The predicted octanol–water partition coefficient (Wildman–Crippen LogP) is 3.56. The number of halogens is 1. The Morgan fingerprint density at radius 3 is 3.00 bits per heavy atom. The first-order valence-corrected chi connectivity index (χ1v) is 7.39. The van der Waals surface area contributed by atoms with Crippen molar-refractivity contribution in [2.45, 2.75) is 13.5 Å². The first-order chi connectivity index (χ1) is 10.1. The Morgan fingerprint density at radius 1 is 1.29 bits per heavy atom.